The summed E-state index contributed by atoms with van der Waals surface area (Å²) in [6.45, 7) is 4.23. The average Bonchev–Trinajstić information content (AvgIpc) is 3.27. The van der Waals surface area contributed by atoms with Gasteiger partial charge in [-0.25, -0.2) is 0 Å². The normalized spacial score (nSPS) is 16.4. The van der Waals surface area contributed by atoms with Crippen LogP contribution in [0.5, 0.6) is 5.75 Å². The SMILES string of the molecule is COCCN(CC(O)c1cc(C)ccc1OC)C1CC1. The molecule has 0 spiro atoms. The molecule has 4 heteroatoms. The summed E-state index contributed by atoms with van der Waals surface area (Å²) in [6, 6.07) is 6.53. The second-order valence-corrected chi connectivity index (χ2v) is 5.48. The quantitative estimate of drug-likeness (QED) is 0.792. The molecule has 0 amide bonds. The summed E-state index contributed by atoms with van der Waals surface area (Å²) in [5.74, 6) is 0.755. The Morgan fingerprint density at radius 2 is 2.10 bits per heavy atom. The summed E-state index contributed by atoms with van der Waals surface area (Å²) >= 11 is 0. The highest BCUT2D eigenvalue weighted by atomic mass is 16.5. The van der Waals surface area contributed by atoms with Crippen molar-refractivity contribution < 1.29 is 14.6 Å². The summed E-state index contributed by atoms with van der Waals surface area (Å²) < 4.78 is 10.5. The van der Waals surface area contributed by atoms with Crippen molar-refractivity contribution in [2.45, 2.75) is 31.9 Å². The van der Waals surface area contributed by atoms with Crippen LogP contribution in [0.3, 0.4) is 0 Å². The topological polar surface area (TPSA) is 41.9 Å². The van der Waals surface area contributed by atoms with Gasteiger partial charge >= 0.3 is 0 Å². The van der Waals surface area contributed by atoms with E-state index in [9.17, 15) is 5.11 Å². The van der Waals surface area contributed by atoms with Gasteiger partial charge in [0.25, 0.3) is 0 Å². The number of ether oxygens (including phenoxy) is 2. The molecular weight excluding hydrogens is 254 g/mol. The molecular formula is C16H25NO3. The molecule has 0 aliphatic heterocycles. The third-order valence-electron chi connectivity index (χ3n) is 3.80. The minimum Gasteiger partial charge on any atom is -0.496 e. The van der Waals surface area contributed by atoms with Gasteiger partial charge in [-0.1, -0.05) is 11.6 Å². The Labute approximate surface area is 121 Å². The Kier molecular flexibility index (Phi) is 5.40. The summed E-state index contributed by atoms with van der Waals surface area (Å²) in [6.07, 6.45) is 1.92. The third kappa shape index (κ3) is 3.95. The fourth-order valence-corrected chi connectivity index (χ4v) is 2.51. The van der Waals surface area contributed by atoms with Gasteiger partial charge in [0, 0.05) is 31.8 Å². The number of rotatable bonds is 8. The van der Waals surface area contributed by atoms with E-state index >= 15 is 0 Å². The maximum Gasteiger partial charge on any atom is 0.124 e. The van der Waals surface area contributed by atoms with Crippen molar-refractivity contribution in [3.63, 3.8) is 0 Å². The fourth-order valence-electron chi connectivity index (χ4n) is 2.51. The number of methoxy groups -OCH3 is 2. The molecule has 1 aromatic carbocycles. The van der Waals surface area contributed by atoms with Crippen molar-refractivity contribution >= 4 is 0 Å². The predicted molar refractivity (Wildman–Crippen MR) is 79.2 cm³/mol. The molecule has 0 aromatic heterocycles. The van der Waals surface area contributed by atoms with E-state index in [4.69, 9.17) is 9.47 Å². The summed E-state index contributed by atoms with van der Waals surface area (Å²) in [5.41, 5.74) is 2.00. The van der Waals surface area contributed by atoms with Gasteiger partial charge in [-0.05, 0) is 31.9 Å². The molecule has 1 saturated carbocycles. The standard InChI is InChI=1S/C16H25NO3/c1-12-4-7-16(20-3)14(10-12)15(18)11-17(8-9-19-2)13-5-6-13/h4,7,10,13,15,18H,5-6,8-9,11H2,1-3H3. The van der Waals surface area contributed by atoms with Gasteiger partial charge in [-0.3, -0.25) is 4.90 Å². The molecule has 2 rings (SSSR count). The molecule has 1 aromatic rings. The van der Waals surface area contributed by atoms with Crippen molar-refractivity contribution in [2.24, 2.45) is 0 Å². The van der Waals surface area contributed by atoms with E-state index in [2.05, 4.69) is 4.90 Å². The minimum absolute atomic E-state index is 0.526. The van der Waals surface area contributed by atoms with Crippen LogP contribution in [0.25, 0.3) is 0 Å². The number of aliphatic hydroxyl groups is 1. The molecule has 0 saturated heterocycles. The van der Waals surface area contributed by atoms with Gasteiger partial charge in [0.2, 0.25) is 0 Å². The van der Waals surface area contributed by atoms with Crippen molar-refractivity contribution in [3.8, 4) is 5.75 Å². The Bertz CT molecular complexity index is 432. The highest BCUT2D eigenvalue weighted by molar-refractivity contribution is 5.38. The van der Waals surface area contributed by atoms with Crippen LogP contribution in [-0.4, -0.2) is 50.0 Å². The summed E-state index contributed by atoms with van der Waals surface area (Å²) in [5, 5.41) is 10.5. The van der Waals surface area contributed by atoms with E-state index in [1.165, 1.54) is 12.8 Å². The molecule has 0 bridgehead atoms. The average molecular weight is 279 g/mol. The molecule has 0 heterocycles. The Morgan fingerprint density at radius 1 is 1.35 bits per heavy atom. The van der Waals surface area contributed by atoms with E-state index in [1.54, 1.807) is 14.2 Å². The first-order valence-corrected chi connectivity index (χ1v) is 7.21. The first-order valence-electron chi connectivity index (χ1n) is 7.21. The molecule has 1 atom stereocenters. The number of hydrogen-bond donors (Lipinski definition) is 1. The molecule has 1 fully saturated rings. The second-order valence-electron chi connectivity index (χ2n) is 5.48. The van der Waals surface area contributed by atoms with Crippen LogP contribution in [0.2, 0.25) is 0 Å². The van der Waals surface area contributed by atoms with Crippen LogP contribution in [0, 0.1) is 6.92 Å². The largest absolute Gasteiger partial charge is 0.496 e. The van der Waals surface area contributed by atoms with Crippen molar-refractivity contribution in [3.05, 3.63) is 29.3 Å². The van der Waals surface area contributed by atoms with Gasteiger partial charge in [0.05, 0.1) is 19.8 Å². The van der Waals surface area contributed by atoms with Crippen LogP contribution in [-0.2, 0) is 4.74 Å². The van der Waals surface area contributed by atoms with Crippen LogP contribution in [0.1, 0.15) is 30.1 Å². The monoisotopic (exact) mass is 279 g/mol. The first kappa shape index (κ1) is 15.3. The first-order chi connectivity index (χ1) is 9.65. The smallest absolute Gasteiger partial charge is 0.124 e. The molecule has 0 radical (unpaired) electrons. The lowest BCUT2D eigenvalue weighted by Crippen LogP contribution is -2.33. The van der Waals surface area contributed by atoms with Gasteiger partial charge in [-0.2, -0.15) is 0 Å². The number of aryl methyl sites for hydroxylation is 1. The highest BCUT2D eigenvalue weighted by Crippen LogP contribution is 2.31. The van der Waals surface area contributed by atoms with Gasteiger partial charge in [0.15, 0.2) is 0 Å². The lowest BCUT2D eigenvalue weighted by Gasteiger charge is -2.25. The van der Waals surface area contributed by atoms with Crippen molar-refractivity contribution in [1.82, 2.24) is 4.90 Å². The minimum atomic E-state index is -0.526. The molecule has 1 N–H and O–H groups in total. The number of aliphatic hydroxyl groups excluding tert-OH is 1. The lowest BCUT2D eigenvalue weighted by molar-refractivity contribution is 0.0832. The molecule has 112 valence electrons. The molecule has 4 nitrogen and oxygen atoms in total. The van der Waals surface area contributed by atoms with Crippen molar-refractivity contribution in [1.29, 1.82) is 0 Å². The van der Waals surface area contributed by atoms with Crippen LogP contribution in [0.4, 0.5) is 0 Å². The predicted octanol–water partition coefficient (Wildman–Crippen LogP) is 2.15. The fraction of sp³-hybridized carbons (Fsp3) is 0.625. The third-order valence-corrected chi connectivity index (χ3v) is 3.80. The Morgan fingerprint density at radius 3 is 2.70 bits per heavy atom. The number of benzene rings is 1. The zero-order valence-electron chi connectivity index (χ0n) is 12.6. The molecule has 20 heavy (non-hydrogen) atoms. The van der Waals surface area contributed by atoms with Gasteiger partial charge in [-0.15, -0.1) is 0 Å². The number of hydrogen-bond acceptors (Lipinski definition) is 4. The van der Waals surface area contributed by atoms with E-state index < -0.39 is 6.10 Å². The highest BCUT2D eigenvalue weighted by Gasteiger charge is 2.30. The van der Waals surface area contributed by atoms with Crippen molar-refractivity contribution in [2.75, 3.05) is 33.9 Å². The van der Waals surface area contributed by atoms with Crippen LogP contribution < -0.4 is 4.74 Å². The van der Waals surface area contributed by atoms with Crippen LogP contribution in [0.15, 0.2) is 18.2 Å². The maximum absolute atomic E-state index is 10.5. The van der Waals surface area contributed by atoms with E-state index in [-0.39, 0.29) is 0 Å². The molecule has 1 aliphatic rings. The van der Waals surface area contributed by atoms with E-state index in [0.29, 0.717) is 19.2 Å². The lowest BCUT2D eigenvalue weighted by atomic mass is 10.0. The zero-order valence-corrected chi connectivity index (χ0v) is 12.6. The summed E-state index contributed by atoms with van der Waals surface area (Å²) in [4.78, 5) is 2.32. The summed E-state index contributed by atoms with van der Waals surface area (Å²) in [7, 11) is 3.36. The Balaban J connectivity index is 2.05. The van der Waals surface area contributed by atoms with Crippen LogP contribution >= 0.6 is 0 Å². The van der Waals surface area contributed by atoms with Gasteiger partial charge in [0.1, 0.15) is 5.75 Å². The number of nitrogens with zero attached hydrogens (tertiary/aromatic N) is 1. The zero-order chi connectivity index (χ0) is 14.5. The molecule has 1 aliphatic carbocycles. The maximum atomic E-state index is 10.5. The Hall–Kier alpha value is -1.10. The van der Waals surface area contributed by atoms with Gasteiger partial charge < -0.3 is 14.6 Å². The van der Waals surface area contributed by atoms with E-state index in [1.807, 2.05) is 25.1 Å². The van der Waals surface area contributed by atoms with E-state index in [0.717, 1.165) is 23.4 Å². The molecule has 1 unspecified atom stereocenters. The second kappa shape index (κ2) is 7.07.